The van der Waals surface area contributed by atoms with E-state index in [1.807, 2.05) is 0 Å². The molecule has 6 nitrogen and oxygen atoms in total. The predicted octanol–water partition coefficient (Wildman–Crippen LogP) is 2.12. The lowest BCUT2D eigenvalue weighted by molar-refractivity contribution is 0.377. The Kier molecular flexibility index (Phi) is 4.71. The molecule has 2 rings (SSSR count). The van der Waals surface area contributed by atoms with Crippen LogP contribution >= 0.6 is 31.9 Å². The summed E-state index contributed by atoms with van der Waals surface area (Å²) in [6.45, 7) is 0.188. The number of nitrogens with zero attached hydrogens (tertiary/aromatic N) is 2. The molecule has 0 saturated heterocycles. The van der Waals surface area contributed by atoms with E-state index in [2.05, 4.69) is 46.7 Å². The van der Waals surface area contributed by atoms with E-state index in [1.165, 1.54) is 12.4 Å². The maximum absolute atomic E-state index is 12.1. The van der Waals surface area contributed by atoms with E-state index in [0.717, 1.165) is 4.47 Å². The second kappa shape index (κ2) is 6.12. The smallest absolute Gasteiger partial charge is 0.241 e. The van der Waals surface area contributed by atoms with Gasteiger partial charge in [0.05, 0.1) is 4.90 Å². The number of aromatic nitrogens is 2. The molecule has 0 radical (unpaired) electrons. The van der Waals surface area contributed by atoms with Crippen LogP contribution in [0.2, 0.25) is 0 Å². The number of halogens is 2. The Morgan fingerprint density at radius 1 is 1.32 bits per heavy atom. The molecule has 0 aliphatic heterocycles. The third-order valence-corrected chi connectivity index (χ3v) is 5.15. The normalized spacial score (nSPS) is 11.7. The standard InChI is InChI=1S/C10H9Br2N3O3S/c11-7-1-2-9(8(12)5-7)19(16,17)15-4-3-10-13-6-14-18-10/h1-2,5-6,15H,3-4H2. The molecular weight excluding hydrogens is 402 g/mol. The molecule has 0 unspecified atom stereocenters. The van der Waals surface area contributed by atoms with Crippen LogP contribution in [0.25, 0.3) is 0 Å². The molecule has 0 amide bonds. The van der Waals surface area contributed by atoms with Gasteiger partial charge in [-0.1, -0.05) is 21.1 Å². The average Bonchev–Trinajstić information content (AvgIpc) is 2.81. The minimum atomic E-state index is -3.57. The zero-order valence-corrected chi connectivity index (χ0v) is 13.5. The second-order valence-corrected chi connectivity index (χ2v) is 7.06. The molecule has 0 spiro atoms. The number of rotatable bonds is 5. The molecule has 1 aromatic heterocycles. The summed E-state index contributed by atoms with van der Waals surface area (Å²) in [5.41, 5.74) is 0. The Labute approximate surface area is 126 Å². The highest BCUT2D eigenvalue weighted by atomic mass is 79.9. The molecule has 1 heterocycles. The van der Waals surface area contributed by atoms with Crippen LogP contribution in [0.15, 0.2) is 42.9 Å². The van der Waals surface area contributed by atoms with E-state index >= 15 is 0 Å². The summed E-state index contributed by atoms with van der Waals surface area (Å²) < 4.78 is 32.7. The van der Waals surface area contributed by atoms with Gasteiger partial charge in [-0.2, -0.15) is 4.98 Å². The summed E-state index contributed by atoms with van der Waals surface area (Å²) in [5.74, 6) is 0.387. The van der Waals surface area contributed by atoms with Gasteiger partial charge in [0.15, 0.2) is 6.33 Å². The summed E-state index contributed by atoms with van der Waals surface area (Å²) in [7, 11) is -3.57. The molecule has 1 aromatic carbocycles. The van der Waals surface area contributed by atoms with E-state index in [0.29, 0.717) is 16.8 Å². The van der Waals surface area contributed by atoms with Crippen LogP contribution in [0.4, 0.5) is 0 Å². The predicted molar refractivity (Wildman–Crippen MR) is 75.0 cm³/mol. The van der Waals surface area contributed by atoms with Gasteiger partial charge >= 0.3 is 0 Å². The van der Waals surface area contributed by atoms with E-state index in [9.17, 15) is 8.42 Å². The highest BCUT2D eigenvalue weighted by Crippen LogP contribution is 2.25. The minimum absolute atomic E-state index is 0.182. The average molecular weight is 411 g/mol. The van der Waals surface area contributed by atoms with E-state index in [1.54, 1.807) is 12.1 Å². The first-order valence-corrected chi connectivity index (χ1v) is 8.26. The number of hydrogen-bond acceptors (Lipinski definition) is 5. The van der Waals surface area contributed by atoms with Gasteiger partial charge in [-0.3, -0.25) is 0 Å². The summed E-state index contributed by atoms with van der Waals surface area (Å²) in [5, 5.41) is 3.44. The van der Waals surface area contributed by atoms with Crippen molar-refractivity contribution < 1.29 is 12.9 Å². The molecule has 0 atom stereocenters. The fourth-order valence-corrected chi connectivity index (χ4v) is 4.14. The van der Waals surface area contributed by atoms with Crippen molar-refractivity contribution in [2.45, 2.75) is 11.3 Å². The van der Waals surface area contributed by atoms with Crippen molar-refractivity contribution in [1.82, 2.24) is 14.9 Å². The fourth-order valence-electron chi connectivity index (χ4n) is 1.37. The summed E-state index contributed by atoms with van der Waals surface area (Å²) in [6, 6.07) is 4.85. The molecule has 102 valence electrons. The SMILES string of the molecule is O=S(=O)(NCCc1ncno1)c1ccc(Br)cc1Br. The first-order valence-electron chi connectivity index (χ1n) is 5.19. The Bertz CT molecular complexity index is 659. The van der Waals surface area contributed by atoms with Crippen molar-refractivity contribution in [2.75, 3.05) is 6.54 Å². The Morgan fingerprint density at radius 2 is 2.11 bits per heavy atom. The van der Waals surface area contributed by atoms with Crippen molar-refractivity contribution in [1.29, 1.82) is 0 Å². The Morgan fingerprint density at radius 3 is 2.74 bits per heavy atom. The number of hydrogen-bond donors (Lipinski definition) is 1. The molecule has 0 aliphatic rings. The van der Waals surface area contributed by atoms with Crippen molar-refractivity contribution in [3.63, 3.8) is 0 Å². The van der Waals surface area contributed by atoms with Gasteiger partial charge in [-0.25, -0.2) is 13.1 Å². The van der Waals surface area contributed by atoms with Gasteiger partial charge in [0.1, 0.15) is 0 Å². The van der Waals surface area contributed by atoms with Crippen LogP contribution < -0.4 is 4.72 Å². The van der Waals surface area contributed by atoms with Crippen molar-refractivity contribution in [3.05, 3.63) is 39.4 Å². The van der Waals surface area contributed by atoms with Crippen molar-refractivity contribution in [2.24, 2.45) is 0 Å². The lowest BCUT2D eigenvalue weighted by Gasteiger charge is -2.07. The van der Waals surface area contributed by atoms with Gasteiger partial charge < -0.3 is 4.52 Å². The quantitative estimate of drug-likeness (QED) is 0.815. The summed E-state index contributed by atoms with van der Waals surface area (Å²) >= 11 is 6.49. The van der Waals surface area contributed by atoms with E-state index < -0.39 is 10.0 Å². The zero-order chi connectivity index (χ0) is 13.9. The van der Waals surface area contributed by atoms with Gasteiger partial charge in [-0.15, -0.1) is 0 Å². The zero-order valence-electron chi connectivity index (χ0n) is 9.51. The van der Waals surface area contributed by atoms with Crippen LogP contribution in [0.3, 0.4) is 0 Å². The maximum Gasteiger partial charge on any atom is 0.241 e. The number of nitrogens with one attached hydrogen (secondary N) is 1. The third-order valence-electron chi connectivity index (χ3n) is 2.22. The van der Waals surface area contributed by atoms with Gasteiger partial charge in [0.25, 0.3) is 0 Å². The molecule has 0 aliphatic carbocycles. The molecule has 2 aromatic rings. The monoisotopic (exact) mass is 409 g/mol. The molecule has 9 heteroatoms. The molecule has 1 N–H and O–H groups in total. The largest absolute Gasteiger partial charge is 0.340 e. The number of benzene rings is 1. The Balaban J connectivity index is 2.05. The van der Waals surface area contributed by atoms with Gasteiger partial charge in [-0.05, 0) is 34.1 Å². The van der Waals surface area contributed by atoms with E-state index in [-0.39, 0.29) is 11.4 Å². The second-order valence-electron chi connectivity index (χ2n) is 3.56. The molecule has 0 saturated carbocycles. The molecule has 19 heavy (non-hydrogen) atoms. The van der Waals surface area contributed by atoms with Crippen LogP contribution in [-0.2, 0) is 16.4 Å². The van der Waals surface area contributed by atoms with Crippen LogP contribution in [0.5, 0.6) is 0 Å². The summed E-state index contributed by atoms with van der Waals surface area (Å²) in [6.07, 6.45) is 1.61. The third kappa shape index (κ3) is 3.85. The van der Waals surface area contributed by atoms with Crippen LogP contribution in [0.1, 0.15) is 5.89 Å². The topological polar surface area (TPSA) is 85.1 Å². The Hall–Kier alpha value is -0.770. The first kappa shape index (κ1) is 14.6. The summed E-state index contributed by atoms with van der Waals surface area (Å²) in [4.78, 5) is 3.99. The van der Waals surface area contributed by atoms with Gasteiger partial charge in [0.2, 0.25) is 15.9 Å². The van der Waals surface area contributed by atoms with Crippen molar-refractivity contribution >= 4 is 41.9 Å². The van der Waals surface area contributed by atoms with Gasteiger partial charge in [0, 0.05) is 21.9 Å². The van der Waals surface area contributed by atoms with Crippen molar-refractivity contribution in [3.8, 4) is 0 Å². The molecule has 0 bridgehead atoms. The lowest BCUT2D eigenvalue weighted by Crippen LogP contribution is -2.26. The fraction of sp³-hybridized carbons (Fsp3) is 0.200. The lowest BCUT2D eigenvalue weighted by atomic mass is 10.4. The maximum atomic E-state index is 12.1. The number of sulfonamides is 1. The van der Waals surface area contributed by atoms with E-state index in [4.69, 9.17) is 4.52 Å². The highest BCUT2D eigenvalue weighted by Gasteiger charge is 2.17. The van der Waals surface area contributed by atoms with Crippen LogP contribution in [0, 0.1) is 0 Å². The van der Waals surface area contributed by atoms with Crippen LogP contribution in [-0.4, -0.2) is 25.1 Å². The highest BCUT2D eigenvalue weighted by molar-refractivity contribution is 9.11. The molecule has 0 fully saturated rings. The molecular formula is C10H9Br2N3O3S. The first-order chi connectivity index (χ1) is 8.99. The minimum Gasteiger partial charge on any atom is -0.340 e.